The van der Waals surface area contributed by atoms with Crippen LogP contribution in [0, 0.1) is 46.3 Å². The smallest absolute Gasteiger partial charge is 0.396 e. The van der Waals surface area contributed by atoms with Crippen molar-refractivity contribution in [1.82, 2.24) is 0 Å². The van der Waals surface area contributed by atoms with Crippen LogP contribution < -0.4 is 0 Å². The highest BCUT2D eigenvalue weighted by molar-refractivity contribution is 7.81. The van der Waals surface area contributed by atoms with E-state index in [4.69, 9.17) is 8.37 Å². The monoisotopic (exact) mass is 576 g/mol. The van der Waals surface area contributed by atoms with Crippen molar-refractivity contribution in [2.24, 2.45) is 46.3 Å². The van der Waals surface area contributed by atoms with Gasteiger partial charge in [0.15, 0.2) is 0 Å². The zero-order chi connectivity index (χ0) is 28.1. The fourth-order valence-electron chi connectivity index (χ4n) is 8.77. The first-order valence-corrected chi connectivity index (χ1v) is 16.6. The Bertz CT molecular complexity index is 1150. The molecule has 38 heavy (non-hydrogen) atoms. The van der Waals surface area contributed by atoms with Gasteiger partial charge in [0, 0.05) is 12.5 Å². The van der Waals surface area contributed by atoms with Crippen molar-refractivity contribution < 1.29 is 39.4 Å². The molecule has 0 radical (unpaired) electrons. The van der Waals surface area contributed by atoms with Gasteiger partial charge in [-0.05, 0) is 97.4 Å². The third-order valence-electron chi connectivity index (χ3n) is 10.4. The lowest BCUT2D eigenvalue weighted by Crippen LogP contribution is -2.55. The molecule has 3 fully saturated rings. The minimum absolute atomic E-state index is 0.0913. The highest BCUT2D eigenvalue weighted by Crippen LogP contribution is 2.67. The summed E-state index contributed by atoms with van der Waals surface area (Å²) in [4.78, 5) is 0. The summed E-state index contributed by atoms with van der Waals surface area (Å²) in [6, 6.07) is 0. The second-order valence-corrected chi connectivity index (χ2v) is 15.0. The Labute approximate surface area is 228 Å². The van der Waals surface area contributed by atoms with Gasteiger partial charge in [-0.3, -0.25) is 9.11 Å². The van der Waals surface area contributed by atoms with Crippen molar-refractivity contribution in [3.05, 3.63) is 23.8 Å². The standard InChI is InChI=1S/C27H44O9S2/c1-17(2)6-5-7-18(16-28)20-10-11-21-19-8-9-23-25(36-38(32,33)34)24(35-37(29,30)31)13-15-27(23,4)22(19)12-14-26(20,21)3/h5,7,9,17-22,24-25,28H,6,8,10-16H2,1-4H3,(H,29,30,31)(H,32,33,34)/b7-5+/t18-,19-,20+,21-,22-,24?,25?,26+,27+/m0/s1. The number of aliphatic hydroxyl groups excluding tert-OH is 1. The summed E-state index contributed by atoms with van der Waals surface area (Å²) in [5.74, 6) is 2.17. The van der Waals surface area contributed by atoms with Gasteiger partial charge in [-0.2, -0.15) is 16.8 Å². The lowest BCUT2D eigenvalue weighted by Gasteiger charge is -2.59. The molecule has 2 unspecified atom stereocenters. The van der Waals surface area contributed by atoms with Crippen molar-refractivity contribution in [3.63, 3.8) is 0 Å². The maximum Gasteiger partial charge on any atom is 0.398 e. The zero-order valence-electron chi connectivity index (χ0n) is 22.8. The largest absolute Gasteiger partial charge is 0.398 e. The van der Waals surface area contributed by atoms with E-state index in [0.29, 0.717) is 42.1 Å². The molecule has 11 heteroatoms. The van der Waals surface area contributed by atoms with Gasteiger partial charge >= 0.3 is 20.8 Å². The quantitative estimate of drug-likeness (QED) is 0.261. The number of aliphatic hydroxyl groups is 1. The SMILES string of the molecule is CC(C)C/C=C/[C@@H](CO)[C@H]1CC[C@H]2[C@@H]3CC=C4C(OS(=O)(=O)O)C(OS(=O)(=O)O)CC[C@]4(C)[C@H]3CC[C@]12C. The average molecular weight is 577 g/mol. The highest BCUT2D eigenvalue weighted by Gasteiger charge is 2.61. The molecule has 0 bridgehead atoms. The van der Waals surface area contributed by atoms with E-state index in [1.165, 1.54) is 0 Å². The molecular formula is C27H44O9S2. The number of hydrogen-bond donors (Lipinski definition) is 3. The number of allylic oxidation sites excluding steroid dienone is 2. The maximum atomic E-state index is 11.7. The summed E-state index contributed by atoms with van der Waals surface area (Å²) < 4.78 is 74.9. The number of rotatable bonds is 9. The van der Waals surface area contributed by atoms with Gasteiger partial charge in [0.05, 0.1) is 0 Å². The minimum Gasteiger partial charge on any atom is -0.396 e. The molecule has 0 aromatic rings. The van der Waals surface area contributed by atoms with Crippen molar-refractivity contribution >= 4 is 20.8 Å². The second kappa shape index (κ2) is 10.9. The fourth-order valence-corrected chi connectivity index (χ4v) is 9.77. The molecule has 0 heterocycles. The Kier molecular flexibility index (Phi) is 8.62. The molecule has 0 spiro atoms. The van der Waals surface area contributed by atoms with Crippen LogP contribution in [0.5, 0.6) is 0 Å². The first kappa shape index (κ1) is 30.1. The molecule has 4 aliphatic rings. The van der Waals surface area contributed by atoms with Crippen molar-refractivity contribution in [1.29, 1.82) is 0 Å². The van der Waals surface area contributed by atoms with Crippen molar-refractivity contribution in [2.75, 3.05) is 6.61 Å². The summed E-state index contributed by atoms with van der Waals surface area (Å²) in [5, 5.41) is 10.3. The first-order chi connectivity index (χ1) is 17.6. The van der Waals surface area contributed by atoms with E-state index < -0.39 is 38.4 Å². The predicted molar refractivity (Wildman–Crippen MR) is 143 cm³/mol. The molecule has 4 rings (SSSR count). The third kappa shape index (κ3) is 5.94. The predicted octanol–water partition coefficient (Wildman–Crippen LogP) is 4.76. The molecule has 0 aromatic carbocycles. The zero-order valence-corrected chi connectivity index (χ0v) is 24.5. The molecule has 218 valence electrons. The molecular weight excluding hydrogens is 532 g/mol. The topological polar surface area (TPSA) is 147 Å². The lowest BCUT2D eigenvalue weighted by atomic mass is 9.46. The fraction of sp³-hybridized carbons (Fsp3) is 0.852. The van der Waals surface area contributed by atoms with Gasteiger partial charge in [0.25, 0.3) is 0 Å². The summed E-state index contributed by atoms with van der Waals surface area (Å²) in [5.41, 5.74) is 0.262. The van der Waals surface area contributed by atoms with Crippen LogP contribution in [0.4, 0.5) is 0 Å². The maximum absolute atomic E-state index is 11.7. The Morgan fingerprint density at radius 3 is 2.29 bits per heavy atom. The van der Waals surface area contributed by atoms with Gasteiger partial charge in [-0.25, -0.2) is 8.37 Å². The Hall–Kier alpha value is -0.820. The van der Waals surface area contributed by atoms with Crippen LogP contribution in [0.15, 0.2) is 23.8 Å². The van der Waals surface area contributed by atoms with Crippen LogP contribution in [0.2, 0.25) is 0 Å². The van der Waals surface area contributed by atoms with Crippen LogP contribution in [-0.4, -0.2) is 49.9 Å². The highest BCUT2D eigenvalue weighted by atomic mass is 32.3. The lowest BCUT2D eigenvalue weighted by molar-refractivity contribution is -0.0729. The van der Waals surface area contributed by atoms with E-state index in [-0.39, 0.29) is 30.3 Å². The first-order valence-electron chi connectivity index (χ1n) is 13.9. The molecule has 3 N–H and O–H groups in total. The molecule has 3 saturated carbocycles. The van der Waals surface area contributed by atoms with E-state index in [1.54, 1.807) is 0 Å². The van der Waals surface area contributed by atoms with Gasteiger partial charge < -0.3 is 5.11 Å². The number of hydrogen-bond acceptors (Lipinski definition) is 7. The van der Waals surface area contributed by atoms with E-state index in [0.717, 1.165) is 32.1 Å². The summed E-state index contributed by atoms with van der Waals surface area (Å²) in [6.07, 6.45) is 10.3. The summed E-state index contributed by atoms with van der Waals surface area (Å²) >= 11 is 0. The van der Waals surface area contributed by atoms with Gasteiger partial charge in [0.2, 0.25) is 0 Å². The average Bonchev–Trinajstić information content (AvgIpc) is 3.14. The normalized spacial score (nSPS) is 40.5. The van der Waals surface area contributed by atoms with Crippen LogP contribution in [0.3, 0.4) is 0 Å². The van der Waals surface area contributed by atoms with E-state index in [9.17, 15) is 31.0 Å². The molecule has 0 aliphatic heterocycles. The molecule has 9 nitrogen and oxygen atoms in total. The second-order valence-electron chi connectivity index (χ2n) is 12.9. The van der Waals surface area contributed by atoms with E-state index >= 15 is 0 Å². The summed E-state index contributed by atoms with van der Waals surface area (Å²) in [7, 11) is -9.75. The molecule has 9 atom stereocenters. The summed E-state index contributed by atoms with van der Waals surface area (Å²) in [6.45, 7) is 8.98. The van der Waals surface area contributed by atoms with Crippen molar-refractivity contribution in [2.45, 2.75) is 91.3 Å². The van der Waals surface area contributed by atoms with Crippen LogP contribution >= 0.6 is 0 Å². The molecule has 4 aliphatic carbocycles. The van der Waals surface area contributed by atoms with Crippen molar-refractivity contribution in [3.8, 4) is 0 Å². The van der Waals surface area contributed by atoms with E-state index in [1.807, 2.05) is 6.08 Å². The Morgan fingerprint density at radius 1 is 1.00 bits per heavy atom. The Morgan fingerprint density at radius 2 is 1.68 bits per heavy atom. The van der Waals surface area contributed by atoms with Gasteiger partial charge in [0.1, 0.15) is 12.2 Å². The Balaban J connectivity index is 1.62. The van der Waals surface area contributed by atoms with Gasteiger partial charge in [-0.1, -0.05) is 45.9 Å². The van der Waals surface area contributed by atoms with Gasteiger partial charge in [-0.15, -0.1) is 0 Å². The molecule has 0 amide bonds. The molecule has 0 aromatic heterocycles. The van der Waals surface area contributed by atoms with Crippen LogP contribution in [-0.2, 0) is 29.2 Å². The molecule has 0 saturated heterocycles. The number of fused-ring (bicyclic) bond motifs is 5. The third-order valence-corrected chi connectivity index (χ3v) is 11.3. The van der Waals surface area contributed by atoms with Crippen LogP contribution in [0.25, 0.3) is 0 Å². The van der Waals surface area contributed by atoms with Crippen LogP contribution in [0.1, 0.15) is 79.1 Å². The van der Waals surface area contributed by atoms with E-state index in [2.05, 4.69) is 39.8 Å². The minimum atomic E-state index is -4.90.